The predicted octanol–water partition coefficient (Wildman–Crippen LogP) is 4.21. The number of nitrogens with one attached hydrogen (secondary N) is 1. The van der Waals surface area contributed by atoms with Crippen LogP contribution in [0.1, 0.15) is 23.0 Å². The van der Waals surface area contributed by atoms with E-state index < -0.39 is 0 Å². The lowest BCUT2D eigenvalue weighted by molar-refractivity contribution is -0.115. The van der Waals surface area contributed by atoms with Gasteiger partial charge in [0.15, 0.2) is 17.3 Å². The fourth-order valence-corrected chi connectivity index (χ4v) is 3.56. The molecule has 3 aromatic rings. The number of anilines is 1. The van der Waals surface area contributed by atoms with Crippen LogP contribution in [-0.2, 0) is 11.2 Å². The minimum Gasteiger partial charge on any atom is -0.493 e. The van der Waals surface area contributed by atoms with Crippen LogP contribution in [0.25, 0.3) is 10.6 Å². The average molecular weight is 396 g/mol. The number of Topliss-reactive ketones (excluding diaryl/α,β-unsaturated/α-hetero) is 1. The van der Waals surface area contributed by atoms with Crippen molar-refractivity contribution in [2.75, 3.05) is 19.5 Å². The molecule has 2 aromatic carbocycles. The van der Waals surface area contributed by atoms with E-state index in [1.54, 1.807) is 38.5 Å². The van der Waals surface area contributed by atoms with Gasteiger partial charge in [-0.2, -0.15) is 0 Å². The lowest BCUT2D eigenvalue weighted by atomic mass is 10.1. The van der Waals surface area contributed by atoms with Crippen molar-refractivity contribution in [1.82, 2.24) is 4.98 Å². The molecular formula is C21H20N2O4S. The smallest absolute Gasteiger partial charge is 0.230 e. The first-order valence-electron chi connectivity index (χ1n) is 8.58. The van der Waals surface area contributed by atoms with Gasteiger partial charge in [0.2, 0.25) is 5.91 Å². The van der Waals surface area contributed by atoms with E-state index in [9.17, 15) is 9.59 Å². The van der Waals surface area contributed by atoms with Gasteiger partial charge in [-0.25, -0.2) is 4.98 Å². The van der Waals surface area contributed by atoms with Gasteiger partial charge in [-0.1, -0.05) is 12.1 Å². The van der Waals surface area contributed by atoms with Crippen LogP contribution in [0.15, 0.2) is 47.8 Å². The Morgan fingerprint density at radius 3 is 2.54 bits per heavy atom. The summed E-state index contributed by atoms with van der Waals surface area (Å²) in [7, 11) is 3.17. The lowest BCUT2D eigenvalue weighted by Gasteiger charge is -2.08. The maximum atomic E-state index is 12.4. The van der Waals surface area contributed by atoms with Crippen LogP contribution in [0.2, 0.25) is 0 Å². The van der Waals surface area contributed by atoms with E-state index in [-0.39, 0.29) is 18.1 Å². The van der Waals surface area contributed by atoms with Gasteiger partial charge in [0.25, 0.3) is 0 Å². The number of carbonyl (C=O) groups excluding carboxylic acids is 2. The molecule has 7 heteroatoms. The number of rotatable bonds is 7. The molecule has 1 heterocycles. The maximum Gasteiger partial charge on any atom is 0.230 e. The summed E-state index contributed by atoms with van der Waals surface area (Å²) < 4.78 is 10.6. The Hall–Kier alpha value is -3.19. The van der Waals surface area contributed by atoms with Crippen molar-refractivity contribution >= 4 is 28.7 Å². The standard InChI is InChI=1S/C21H20N2O4S/c1-13(24)16-6-4-5-7-17(16)23-20(25)11-15-12-28-21(22-15)14-8-9-18(26-2)19(10-14)27-3/h4-10,12H,11H2,1-3H3,(H,23,25). The molecule has 0 spiro atoms. The molecule has 1 amide bonds. The van der Waals surface area contributed by atoms with Gasteiger partial charge in [0, 0.05) is 16.5 Å². The molecule has 0 fully saturated rings. The van der Waals surface area contributed by atoms with Gasteiger partial charge < -0.3 is 14.8 Å². The molecule has 0 aliphatic carbocycles. The molecule has 3 rings (SSSR count). The quantitative estimate of drug-likeness (QED) is 0.605. The molecular weight excluding hydrogens is 376 g/mol. The van der Waals surface area contributed by atoms with Crippen molar-refractivity contribution in [3.05, 3.63) is 59.1 Å². The normalized spacial score (nSPS) is 10.4. The van der Waals surface area contributed by atoms with E-state index in [0.29, 0.717) is 28.4 Å². The van der Waals surface area contributed by atoms with E-state index in [1.165, 1.54) is 18.3 Å². The Morgan fingerprint density at radius 2 is 1.82 bits per heavy atom. The highest BCUT2D eigenvalue weighted by molar-refractivity contribution is 7.13. The maximum absolute atomic E-state index is 12.4. The van der Waals surface area contributed by atoms with E-state index in [4.69, 9.17) is 9.47 Å². The SMILES string of the molecule is COc1ccc(-c2nc(CC(=O)Nc3ccccc3C(C)=O)cs2)cc1OC. The van der Waals surface area contributed by atoms with E-state index >= 15 is 0 Å². The molecule has 0 radical (unpaired) electrons. The summed E-state index contributed by atoms with van der Waals surface area (Å²) in [6.07, 6.45) is 0.121. The van der Waals surface area contributed by atoms with Crippen LogP contribution < -0.4 is 14.8 Å². The number of ether oxygens (including phenoxy) is 2. The van der Waals surface area contributed by atoms with Crippen LogP contribution in [0.4, 0.5) is 5.69 Å². The lowest BCUT2D eigenvalue weighted by Crippen LogP contribution is -2.16. The van der Waals surface area contributed by atoms with Crippen LogP contribution in [-0.4, -0.2) is 30.9 Å². The van der Waals surface area contributed by atoms with Gasteiger partial charge in [0.1, 0.15) is 5.01 Å². The second-order valence-electron chi connectivity index (χ2n) is 6.04. The molecule has 0 atom stereocenters. The number of carbonyl (C=O) groups is 2. The van der Waals surface area contributed by atoms with Crippen molar-refractivity contribution in [2.24, 2.45) is 0 Å². The molecule has 28 heavy (non-hydrogen) atoms. The summed E-state index contributed by atoms with van der Waals surface area (Å²) in [6, 6.07) is 12.5. The van der Waals surface area contributed by atoms with E-state index in [0.717, 1.165) is 10.6 Å². The molecule has 0 saturated heterocycles. The first kappa shape index (κ1) is 19.6. The molecule has 144 valence electrons. The van der Waals surface area contributed by atoms with Crippen molar-refractivity contribution < 1.29 is 19.1 Å². The largest absolute Gasteiger partial charge is 0.493 e. The summed E-state index contributed by atoms with van der Waals surface area (Å²) in [4.78, 5) is 28.6. The average Bonchev–Trinajstić information content (AvgIpc) is 3.15. The van der Waals surface area contributed by atoms with Crippen molar-refractivity contribution in [3.63, 3.8) is 0 Å². The third kappa shape index (κ3) is 4.37. The Balaban J connectivity index is 1.73. The summed E-state index contributed by atoms with van der Waals surface area (Å²) in [5.74, 6) is 0.944. The van der Waals surface area contributed by atoms with Crippen molar-refractivity contribution in [1.29, 1.82) is 0 Å². The summed E-state index contributed by atoms with van der Waals surface area (Å²) in [6.45, 7) is 1.47. The minimum atomic E-state index is -0.224. The van der Waals surface area contributed by atoms with Crippen LogP contribution in [0, 0.1) is 0 Å². The first-order chi connectivity index (χ1) is 13.5. The van der Waals surface area contributed by atoms with Crippen LogP contribution in [0.3, 0.4) is 0 Å². The molecule has 0 aliphatic rings. The Morgan fingerprint density at radius 1 is 1.07 bits per heavy atom. The number of hydrogen-bond donors (Lipinski definition) is 1. The second kappa shape index (κ2) is 8.67. The molecule has 0 bridgehead atoms. The number of methoxy groups -OCH3 is 2. The fourth-order valence-electron chi connectivity index (χ4n) is 2.75. The molecule has 1 N–H and O–H groups in total. The predicted molar refractivity (Wildman–Crippen MR) is 109 cm³/mol. The fraction of sp³-hybridized carbons (Fsp3) is 0.190. The molecule has 0 saturated carbocycles. The summed E-state index contributed by atoms with van der Waals surface area (Å²) >= 11 is 1.45. The number of aromatic nitrogens is 1. The highest BCUT2D eigenvalue weighted by Gasteiger charge is 2.13. The van der Waals surface area contributed by atoms with Gasteiger partial charge >= 0.3 is 0 Å². The molecule has 0 unspecified atom stereocenters. The Kier molecular flexibility index (Phi) is 6.06. The van der Waals surface area contributed by atoms with Crippen LogP contribution in [0.5, 0.6) is 11.5 Å². The highest BCUT2D eigenvalue weighted by atomic mass is 32.1. The van der Waals surface area contributed by atoms with E-state index in [2.05, 4.69) is 10.3 Å². The number of thiazole rings is 1. The van der Waals surface area contributed by atoms with Crippen molar-refractivity contribution in [3.8, 4) is 22.1 Å². The third-order valence-corrected chi connectivity index (χ3v) is 5.04. The Bertz CT molecular complexity index is 1010. The number of amides is 1. The molecule has 6 nitrogen and oxygen atoms in total. The van der Waals surface area contributed by atoms with Gasteiger partial charge in [-0.15, -0.1) is 11.3 Å². The molecule has 0 aliphatic heterocycles. The van der Waals surface area contributed by atoms with Gasteiger partial charge in [-0.05, 0) is 37.3 Å². The summed E-state index contributed by atoms with van der Waals surface area (Å²) in [5, 5.41) is 5.43. The number of ketones is 1. The number of nitrogens with zero attached hydrogens (tertiary/aromatic N) is 1. The van der Waals surface area contributed by atoms with Crippen LogP contribution >= 0.6 is 11.3 Å². The van der Waals surface area contributed by atoms with E-state index in [1.807, 2.05) is 23.6 Å². The van der Waals surface area contributed by atoms with Crippen molar-refractivity contribution in [2.45, 2.75) is 13.3 Å². The first-order valence-corrected chi connectivity index (χ1v) is 9.46. The summed E-state index contributed by atoms with van der Waals surface area (Å²) in [5.41, 5.74) is 2.54. The number of para-hydroxylation sites is 1. The minimum absolute atomic E-state index is 0.0969. The number of hydrogen-bond acceptors (Lipinski definition) is 6. The van der Waals surface area contributed by atoms with Gasteiger partial charge in [0.05, 0.1) is 32.0 Å². The zero-order valence-electron chi connectivity index (χ0n) is 15.8. The topological polar surface area (TPSA) is 77.5 Å². The zero-order valence-corrected chi connectivity index (χ0v) is 16.6. The molecule has 1 aromatic heterocycles. The monoisotopic (exact) mass is 396 g/mol. The van der Waals surface area contributed by atoms with Gasteiger partial charge in [-0.3, -0.25) is 9.59 Å². The Labute approximate surface area is 167 Å². The number of benzene rings is 2. The second-order valence-corrected chi connectivity index (χ2v) is 6.90. The third-order valence-electron chi connectivity index (χ3n) is 4.10. The highest BCUT2D eigenvalue weighted by Crippen LogP contribution is 2.33. The zero-order chi connectivity index (χ0) is 20.1.